The van der Waals surface area contributed by atoms with Gasteiger partial charge in [0.25, 0.3) is 0 Å². The van der Waals surface area contributed by atoms with E-state index >= 15 is 0 Å². The molecule has 0 bridgehead atoms. The molecule has 0 aliphatic heterocycles. The number of unbranched alkanes of at least 4 members (excludes halogenated alkanes) is 1. The summed E-state index contributed by atoms with van der Waals surface area (Å²) in [6, 6.07) is 9.01. The second kappa shape index (κ2) is 7.55. The average Bonchev–Trinajstić information content (AvgIpc) is 2.33. The van der Waals surface area contributed by atoms with Gasteiger partial charge in [-0.25, -0.2) is 0 Å². The van der Waals surface area contributed by atoms with Crippen LogP contribution in [0.2, 0.25) is 0 Å². The lowest BCUT2D eigenvalue weighted by molar-refractivity contribution is 0.589. The smallest absolute Gasteiger partial charge is 0.000835 e. The molecule has 0 saturated heterocycles. The molecule has 0 unspecified atom stereocenters. The third kappa shape index (κ3) is 5.65. The summed E-state index contributed by atoms with van der Waals surface area (Å²) in [5.41, 5.74) is 8.52. The van der Waals surface area contributed by atoms with Crippen molar-refractivity contribution in [3.05, 3.63) is 35.4 Å². The minimum Gasteiger partial charge on any atom is -0.330 e. The van der Waals surface area contributed by atoms with Crippen LogP contribution < -0.4 is 11.1 Å². The average molecular weight is 248 g/mol. The highest BCUT2D eigenvalue weighted by Crippen LogP contribution is 2.22. The van der Waals surface area contributed by atoms with Crippen molar-refractivity contribution in [2.24, 2.45) is 5.73 Å². The quantitative estimate of drug-likeness (QED) is 0.728. The normalized spacial score (nSPS) is 11.8. The van der Waals surface area contributed by atoms with Gasteiger partial charge in [-0.2, -0.15) is 0 Å². The lowest BCUT2D eigenvalue weighted by Gasteiger charge is -2.19. The molecule has 1 aromatic carbocycles. The van der Waals surface area contributed by atoms with Crippen LogP contribution in [0.5, 0.6) is 0 Å². The van der Waals surface area contributed by atoms with Gasteiger partial charge < -0.3 is 11.1 Å². The minimum atomic E-state index is 0.249. The summed E-state index contributed by atoms with van der Waals surface area (Å²) in [4.78, 5) is 0. The van der Waals surface area contributed by atoms with Crippen molar-refractivity contribution in [1.29, 1.82) is 0 Å². The zero-order valence-electron chi connectivity index (χ0n) is 12.1. The molecule has 0 radical (unpaired) electrons. The van der Waals surface area contributed by atoms with Crippen molar-refractivity contribution in [3.8, 4) is 0 Å². The van der Waals surface area contributed by atoms with Gasteiger partial charge in [0.15, 0.2) is 0 Å². The summed E-state index contributed by atoms with van der Waals surface area (Å²) in [6.07, 6.45) is 3.40. The van der Waals surface area contributed by atoms with Crippen LogP contribution in [-0.4, -0.2) is 19.6 Å². The van der Waals surface area contributed by atoms with Gasteiger partial charge in [0.1, 0.15) is 0 Å². The fraction of sp³-hybridized carbons (Fsp3) is 0.625. The van der Waals surface area contributed by atoms with Crippen molar-refractivity contribution in [1.82, 2.24) is 5.32 Å². The maximum absolute atomic E-state index is 5.46. The summed E-state index contributed by atoms with van der Waals surface area (Å²) in [5.74, 6) is 0. The molecular formula is C16H28N2. The van der Waals surface area contributed by atoms with E-state index in [1.807, 2.05) is 0 Å². The number of hydrogen-bond acceptors (Lipinski definition) is 2. The van der Waals surface area contributed by atoms with E-state index in [2.05, 4.69) is 50.4 Å². The van der Waals surface area contributed by atoms with Crippen molar-refractivity contribution in [2.75, 3.05) is 19.6 Å². The molecule has 0 aliphatic rings. The molecule has 0 aromatic heterocycles. The Morgan fingerprint density at radius 1 is 1.00 bits per heavy atom. The molecule has 0 heterocycles. The predicted octanol–water partition coefficient (Wildman–Crippen LogP) is 2.86. The fourth-order valence-corrected chi connectivity index (χ4v) is 1.92. The molecule has 0 amide bonds. The Morgan fingerprint density at radius 3 is 2.22 bits per heavy atom. The molecule has 1 aromatic rings. The SMILES string of the molecule is CC(C)(C)c1ccc(CCNCCCCN)cc1. The van der Waals surface area contributed by atoms with E-state index in [0.29, 0.717) is 0 Å². The van der Waals surface area contributed by atoms with Crippen LogP contribution in [0.15, 0.2) is 24.3 Å². The van der Waals surface area contributed by atoms with Crippen molar-refractivity contribution in [2.45, 2.75) is 45.4 Å². The summed E-state index contributed by atoms with van der Waals surface area (Å²) < 4.78 is 0. The number of nitrogens with one attached hydrogen (secondary N) is 1. The Balaban J connectivity index is 2.27. The van der Waals surface area contributed by atoms with Gasteiger partial charge >= 0.3 is 0 Å². The minimum absolute atomic E-state index is 0.249. The Kier molecular flexibility index (Phi) is 6.37. The van der Waals surface area contributed by atoms with Gasteiger partial charge in [-0.15, -0.1) is 0 Å². The van der Waals surface area contributed by atoms with Gasteiger partial charge in [-0.3, -0.25) is 0 Å². The number of benzene rings is 1. The lowest BCUT2D eigenvalue weighted by Crippen LogP contribution is -2.19. The Hall–Kier alpha value is -0.860. The topological polar surface area (TPSA) is 38.0 Å². The third-order valence-corrected chi connectivity index (χ3v) is 3.22. The zero-order chi connectivity index (χ0) is 13.4. The highest BCUT2D eigenvalue weighted by molar-refractivity contribution is 5.27. The lowest BCUT2D eigenvalue weighted by atomic mass is 9.86. The fourth-order valence-electron chi connectivity index (χ4n) is 1.92. The number of nitrogens with two attached hydrogens (primary N) is 1. The zero-order valence-corrected chi connectivity index (χ0v) is 12.1. The van der Waals surface area contributed by atoms with Gasteiger partial charge in [0.2, 0.25) is 0 Å². The predicted molar refractivity (Wildman–Crippen MR) is 80.0 cm³/mol. The van der Waals surface area contributed by atoms with E-state index in [4.69, 9.17) is 5.73 Å². The maximum atomic E-state index is 5.46. The Morgan fingerprint density at radius 2 is 1.67 bits per heavy atom. The van der Waals surface area contributed by atoms with Crippen LogP contribution in [0, 0.1) is 0 Å². The molecule has 2 heteroatoms. The van der Waals surface area contributed by atoms with Crippen LogP contribution in [0.4, 0.5) is 0 Å². The van der Waals surface area contributed by atoms with Gasteiger partial charge in [-0.05, 0) is 55.4 Å². The second-order valence-electron chi connectivity index (χ2n) is 5.94. The standard InChI is InChI=1S/C16H28N2/c1-16(2,3)15-8-6-14(7-9-15)10-13-18-12-5-4-11-17/h6-9,18H,4-5,10-13,17H2,1-3H3. The molecule has 0 saturated carbocycles. The van der Waals surface area contributed by atoms with E-state index in [-0.39, 0.29) is 5.41 Å². The first-order valence-electron chi connectivity index (χ1n) is 7.04. The Labute approximate surface area is 112 Å². The molecule has 0 aliphatic carbocycles. The monoisotopic (exact) mass is 248 g/mol. The first-order valence-corrected chi connectivity index (χ1v) is 7.04. The molecule has 0 fully saturated rings. The van der Waals surface area contributed by atoms with Crippen LogP contribution >= 0.6 is 0 Å². The number of rotatable bonds is 7. The molecule has 0 spiro atoms. The molecule has 3 N–H and O–H groups in total. The van der Waals surface area contributed by atoms with E-state index in [9.17, 15) is 0 Å². The van der Waals surface area contributed by atoms with Crippen molar-refractivity contribution in [3.63, 3.8) is 0 Å². The molecule has 102 valence electrons. The van der Waals surface area contributed by atoms with E-state index in [1.165, 1.54) is 17.5 Å². The summed E-state index contributed by atoms with van der Waals surface area (Å²) in [5, 5.41) is 3.46. The van der Waals surface area contributed by atoms with E-state index < -0.39 is 0 Å². The highest BCUT2D eigenvalue weighted by Gasteiger charge is 2.12. The maximum Gasteiger partial charge on any atom is -0.000835 e. The molecule has 2 nitrogen and oxygen atoms in total. The van der Waals surface area contributed by atoms with Crippen molar-refractivity contribution < 1.29 is 0 Å². The van der Waals surface area contributed by atoms with Gasteiger partial charge in [0, 0.05) is 0 Å². The van der Waals surface area contributed by atoms with Crippen LogP contribution in [0.1, 0.15) is 44.7 Å². The first-order chi connectivity index (χ1) is 8.54. The third-order valence-electron chi connectivity index (χ3n) is 3.22. The van der Waals surface area contributed by atoms with Crippen molar-refractivity contribution >= 4 is 0 Å². The summed E-state index contributed by atoms with van der Waals surface area (Å²) in [6.45, 7) is 9.69. The van der Waals surface area contributed by atoms with E-state index in [0.717, 1.165) is 32.5 Å². The largest absolute Gasteiger partial charge is 0.330 e. The van der Waals surface area contributed by atoms with Crippen LogP contribution in [0.3, 0.4) is 0 Å². The van der Waals surface area contributed by atoms with Gasteiger partial charge in [-0.1, -0.05) is 45.0 Å². The first kappa shape index (κ1) is 15.2. The van der Waals surface area contributed by atoms with Crippen LogP contribution in [0.25, 0.3) is 0 Å². The van der Waals surface area contributed by atoms with Gasteiger partial charge in [0.05, 0.1) is 0 Å². The highest BCUT2D eigenvalue weighted by atomic mass is 14.8. The second-order valence-corrected chi connectivity index (χ2v) is 5.94. The Bertz CT molecular complexity index is 322. The van der Waals surface area contributed by atoms with Crippen LogP contribution in [-0.2, 0) is 11.8 Å². The summed E-state index contributed by atoms with van der Waals surface area (Å²) in [7, 11) is 0. The molecule has 0 atom stereocenters. The molecule has 18 heavy (non-hydrogen) atoms. The number of hydrogen-bond donors (Lipinski definition) is 2. The van der Waals surface area contributed by atoms with E-state index in [1.54, 1.807) is 0 Å². The molecule has 1 rings (SSSR count). The summed E-state index contributed by atoms with van der Waals surface area (Å²) >= 11 is 0. The molecular weight excluding hydrogens is 220 g/mol.